The quantitative estimate of drug-likeness (QED) is 0.584. The van der Waals surface area contributed by atoms with Crippen molar-refractivity contribution in [1.82, 2.24) is 15.0 Å². The molecule has 3 aromatic rings. The molecule has 0 amide bonds. The summed E-state index contributed by atoms with van der Waals surface area (Å²) in [5, 5.41) is 1.15. The highest BCUT2D eigenvalue weighted by atomic mass is 79.9. The van der Waals surface area contributed by atoms with Crippen LogP contribution in [0.5, 0.6) is 0 Å². The molecule has 1 aromatic carbocycles. The lowest BCUT2D eigenvalue weighted by Gasteiger charge is -2.06. The first-order chi connectivity index (χ1) is 9.13. The largest absolute Gasteiger partial charge is 0.244 e. The first-order valence-corrected chi connectivity index (χ1v) is 7.29. The number of para-hydroxylation sites is 1. The number of aryl methyl sites for hydroxylation is 1. The summed E-state index contributed by atoms with van der Waals surface area (Å²) in [5.41, 5.74) is 2.90. The highest BCUT2D eigenvalue weighted by Crippen LogP contribution is 2.24. The standard InChI is InChI=1S/C14H9Br2N3/c1-8-6-11(14-18-12(15)7-13(16)19-14)17-10-5-3-2-4-9(8)10/h2-7H,1H3. The van der Waals surface area contributed by atoms with Crippen molar-refractivity contribution in [3.05, 3.63) is 51.2 Å². The summed E-state index contributed by atoms with van der Waals surface area (Å²) in [5.74, 6) is 0.607. The van der Waals surface area contributed by atoms with Gasteiger partial charge in [0.1, 0.15) is 14.9 Å². The average molecular weight is 379 g/mol. The fourth-order valence-corrected chi connectivity index (χ4v) is 3.05. The predicted molar refractivity (Wildman–Crippen MR) is 82.9 cm³/mol. The number of nitrogens with zero attached hydrogens (tertiary/aromatic N) is 3. The lowest BCUT2D eigenvalue weighted by atomic mass is 10.1. The third-order valence-electron chi connectivity index (χ3n) is 2.82. The van der Waals surface area contributed by atoms with E-state index in [1.54, 1.807) is 6.07 Å². The van der Waals surface area contributed by atoms with Crippen molar-refractivity contribution in [2.24, 2.45) is 0 Å². The van der Waals surface area contributed by atoms with Crippen molar-refractivity contribution < 1.29 is 0 Å². The van der Waals surface area contributed by atoms with Gasteiger partial charge in [-0.1, -0.05) is 18.2 Å². The van der Waals surface area contributed by atoms with E-state index < -0.39 is 0 Å². The zero-order valence-electron chi connectivity index (χ0n) is 10.1. The molecule has 19 heavy (non-hydrogen) atoms. The normalized spacial score (nSPS) is 10.9. The average Bonchev–Trinajstić information content (AvgIpc) is 2.37. The lowest BCUT2D eigenvalue weighted by Crippen LogP contribution is -1.95. The Morgan fingerprint density at radius 1 is 0.895 bits per heavy atom. The smallest absolute Gasteiger partial charge is 0.180 e. The Morgan fingerprint density at radius 3 is 2.32 bits per heavy atom. The predicted octanol–water partition coefficient (Wildman–Crippen LogP) is 4.53. The monoisotopic (exact) mass is 377 g/mol. The molecule has 3 nitrogen and oxygen atoms in total. The Morgan fingerprint density at radius 2 is 1.58 bits per heavy atom. The Hall–Kier alpha value is -1.33. The Kier molecular flexibility index (Phi) is 3.33. The summed E-state index contributed by atoms with van der Waals surface area (Å²) in [6, 6.07) is 11.9. The molecular weight excluding hydrogens is 370 g/mol. The van der Waals surface area contributed by atoms with Gasteiger partial charge in [0.05, 0.1) is 5.52 Å². The molecule has 2 aromatic heterocycles. The van der Waals surface area contributed by atoms with Crippen molar-refractivity contribution >= 4 is 42.8 Å². The fraction of sp³-hybridized carbons (Fsp3) is 0.0714. The zero-order chi connectivity index (χ0) is 13.4. The number of hydrogen-bond acceptors (Lipinski definition) is 3. The number of aromatic nitrogens is 3. The van der Waals surface area contributed by atoms with Gasteiger partial charge in [0.15, 0.2) is 5.82 Å². The summed E-state index contributed by atoms with van der Waals surface area (Å²) in [4.78, 5) is 13.4. The summed E-state index contributed by atoms with van der Waals surface area (Å²) < 4.78 is 1.47. The van der Waals surface area contributed by atoms with E-state index >= 15 is 0 Å². The Bertz CT molecular complexity index is 751. The number of benzene rings is 1. The van der Waals surface area contributed by atoms with Crippen LogP contribution in [-0.4, -0.2) is 15.0 Å². The molecule has 0 bridgehead atoms. The molecule has 3 rings (SSSR count). The SMILES string of the molecule is Cc1cc(-c2nc(Br)cc(Br)n2)nc2ccccc12. The van der Waals surface area contributed by atoms with Crippen molar-refractivity contribution in [3.63, 3.8) is 0 Å². The van der Waals surface area contributed by atoms with Gasteiger partial charge in [0, 0.05) is 11.5 Å². The number of pyridine rings is 1. The molecule has 0 N–H and O–H groups in total. The van der Waals surface area contributed by atoms with Crippen LogP contribution in [-0.2, 0) is 0 Å². The van der Waals surface area contributed by atoms with Crippen LogP contribution in [0.4, 0.5) is 0 Å². The molecule has 0 atom stereocenters. The van der Waals surface area contributed by atoms with E-state index in [0.29, 0.717) is 5.82 Å². The molecule has 94 valence electrons. The first-order valence-electron chi connectivity index (χ1n) is 5.70. The highest BCUT2D eigenvalue weighted by Gasteiger charge is 2.08. The van der Waals surface area contributed by atoms with Gasteiger partial charge in [-0.3, -0.25) is 0 Å². The lowest BCUT2D eigenvalue weighted by molar-refractivity contribution is 1.10. The molecule has 0 saturated heterocycles. The van der Waals surface area contributed by atoms with Crippen LogP contribution < -0.4 is 0 Å². The Balaban J connectivity index is 2.25. The zero-order valence-corrected chi connectivity index (χ0v) is 13.2. The van der Waals surface area contributed by atoms with Crippen LogP contribution in [0, 0.1) is 6.92 Å². The van der Waals surface area contributed by atoms with Gasteiger partial charge in [-0.25, -0.2) is 15.0 Å². The van der Waals surface area contributed by atoms with E-state index in [1.165, 1.54) is 5.56 Å². The molecule has 0 aliphatic rings. The topological polar surface area (TPSA) is 38.7 Å². The number of fused-ring (bicyclic) bond motifs is 1. The molecule has 0 fully saturated rings. The van der Waals surface area contributed by atoms with Gasteiger partial charge >= 0.3 is 0 Å². The summed E-state index contributed by atoms with van der Waals surface area (Å²) in [6.07, 6.45) is 0. The third kappa shape index (κ3) is 2.53. The van der Waals surface area contributed by atoms with Gasteiger partial charge in [0.2, 0.25) is 0 Å². The van der Waals surface area contributed by atoms with E-state index in [9.17, 15) is 0 Å². The third-order valence-corrected chi connectivity index (χ3v) is 3.63. The molecular formula is C14H9Br2N3. The van der Waals surface area contributed by atoms with Crippen LogP contribution in [0.3, 0.4) is 0 Å². The van der Waals surface area contributed by atoms with E-state index in [0.717, 1.165) is 25.8 Å². The van der Waals surface area contributed by atoms with Crippen molar-refractivity contribution in [1.29, 1.82) is 0 Å². The van der Waals surface area contributed by atoms with Crippen LogP contribution in [0.25, 0.3) is 22.4 Å². The summed E-state index contributed by atoms with van der Waals surface area (Å²) in [6.45, 7) is 2.07. The van der Waals surface area contributed by atoms with Crippen molar-refractivity contribution in [2.45, 2.75) is 6.92 Å². The minimum atomic E-state index is 0.607. The molecule has 0 aliphatic carbocycles. The molecule has 2 heterocycles. The molecule has 0 spiro atoms. The summed E-state index contributed by atoms with van der Waals surface area (Å²) in [7, 11) is 0. The number of hydrogen-bond donors (Lipinski definition) is 0. The van der Waals surface area contributed by atoms with Crippen LogP contribution in [0.2, 0.25) is 0 Å². The second-order valence-corrected chi connectivity index (χ2v) is 5.80. The number of halogens is 2. The van der Waals surface area contributed by atoms with E-state index in [4.69, 9.17) is 0 Å². The highest BCUT2D eigenvalue weighted by molar-refractivity contribution is 9.11. The maximum absolute atomic E-state index is 4.62. The van der Waals surface area contributed by atoms with Crippen LogP contribution in [0.15, 0.2) is 45.6 Å². The van der Waals surface area contributed by atoms with Gasteiger partial charge in [-0.15, -0.1) is 0 Å². The van der Waals surface area contributed by atoms with E-state index in [2.05, 4.69) is 59.8 Å². The minimum Gasteiger partial charge on any atom is -0.244 e. The first kappa shape index (κ1) is 12.7. The molecule has 0 aliphatic heterocycles. The van der Waals surface area contributed by atoms with Gasteiger partial charge < -0.3 is 0 Å². The fourth-order valence-electron chi connectivity index (χ4n) is 1.97. The molecule has 5 heteroatoms. The van der Waals surface area contributed by atoms with Gasteiger partial charge in [0.25, 0.3) is 0 Å². The molecule has 0 unspecified atom stereocenters. The second-order valence-electron chi connectivity index (χ2n) is 4.18. The van der Waals surface area contributed by atoms with E-state index in [-0.39, 0.29) is 0 Å². The minimum absolute atomic E-state index is 0.607. The van der Waals surface area contributed by atoms with E-state index in [1.807, 2.05) is 24.3 Å². The van der Waals surface area contributed by atoms with Crippen molar-refractivity contribution in [2.75, 3.05) is 0 Å². The van der Waals surface area contributed by atoms with Crippen LogP contribution in [0.1, 0.15) is 5.56 Å². The van der Waals surface area contributed by atoms with Gasteiger partial charge in [-0.05, 0) is 56.5 Å². The molecule has 0 saturated carbocycles. The second kappa shape index (κ2) is 4.98. The van der Waals surface area contributed by atoms with Gasteiger partial charge in [-0.2, -0.15) is 0 Å². The van der Waals surface area contributed by atoms with Crippen molar-refractivity contribution in [3.8, 4) is 11.5 Å². The molecule has 0 radical (unpaired) electrons. The van der Waals surface area contributed by atoms with Crippen LogP contribution >= 0.6 is 31.9 Å². The maximum atomic E-state index is 4.62. The maximum Gasteiger partial charge on any atom is 0.180 e. The summed E-state index contributed by atoms with van der Waals surface area (Å²) >= 11 is 6.74. The number of rotatable bonds is 1. The Labute approximate surface area is 127 Å².